The molecule has 0 aliphatic rings. The van der Waals surface area contributed by atoms with Crippen molar-refractivity contribution >= 4 is 0 Å². The summed E-state index contributed by atoms with van der Waals surface area (Å²) in [4.78, 5) is 9.17. The number of aromatic nitrogens is 2. The Hall–Kier alpha value is -2.95. The van der Waals surface area contributed by atoms with Crippen LogP contribution in [0.1, 0.15) is 129 Å². The molecule has 0 N–H and O–H groups in total. The first-order valence-corrected chi connectivity index (χ1v) is 17.6. The number of benzene rings is 2. The van der Waals surface area contributed by atoms with Crippen LogP contribution in [0.3, 0.4) is 0 Å². The molecule has 0 radical (unpaired) electrons. The lowest BCUT2D eigenvalue weighted by Crippen LogP contribution is -2.12. The summed E-state index contributed by atoms with van der Waals surface area (Å²) in [6, 6.07) is 15.7. The number of rotatable bonds is 25. The minimum atomic E-state index is -0.925. The number of unbranched alkanes of at least 4 members (excludes halogenated alkanes) is 15. The molecule has 1 aromatic heterocycles. The van der Waals surface area contributed by atoms with E-state index in [0.717, 1.165) is 48.3 Å². The van der Waals surface area contributed by atoms with Crippen LogP contribution in [-0.2, 0) is 0 Å². The van der Waals surface area contributed by atoms with Gasteiger partial charge in [0.05, 0.1) is 6.61 Å². The Morgan fingerprint density at radius 2 is 0.977 bits per heavy atom. The summed E-state index contributed by atoms with van der Waals surface area (Å²) in [5.74, 6) is 2.23. The molecule has 44 heavy (non-hydrogen) atoms. The van der Waals surface area contributed by atoms with Gasteiger partial charge in [0.1, 0.15) is 24.3 Å². The van der Waals surface area contributed by atoms with Crippen molar-refractivity contribution in [3.8, 4) is 34.0 Å². The van der Waals surface area contributed by atoms with E-state index >= 15 is 0 Å². The van der Waals surface area contributed by atoms with Gasteiger partial charge in [-0.2, -0.15) is 0 Å². The van der Waals surface area contributed by atoms with Gasteiger partial charge < -0.3 is 9.47 Å². The summed E-state index contributed by atoms with van der Waals surface area (Å²) in [5.41, 5.74) is 2.92. The second-order valence-electron chi connectivity index (χ2n) is 12.2. The Morgan fingerprint density at radius 3 is 1.52 bits per heavy atom. The Labute approximate surface area is 267 Å². The number of hydrogen-bond acceptors (Lipinski definition) is 4. The van der Waals surface area contributed by atoms with Crippen molar-refractivity contribution in [1.29, 1.82) is 0 Å². The van der Waals surface area contributed by atoms with Crippen molar-refractivity contribution in [2.75, 3.05) is 13.2 Å². The van der Waals surface area contributed by atoms with Gasteiger partial charge in [-0.15, -0.1) is 0 Å². The van der Waals surface area contributed by atoms with Gasteiger partial charge >= 0.3 is 0 Å². The van der Waals surface area contributed by atoms with Crippen molar-refractivity contribution in [2.45, 2.75) is 136 Å². The summed E-state index contributed by atoms with van der Waals surface area (Å²) in [6.07, 6.45) is 24.9. The lowest BCUT2D eigenvalue weighted by atomic mass is 10.1. The third kappa shape index (κ3) is 14.7. The second kappa shape index (κ2) is 22.5. The summed E-state index contributed by atoms with van der Waals surface area (Å²) >= 11 is 0. The quantitative estimate of drug-likeness (QED) is 0.0902. The first-order chi connectivity index (χ1) is 21.7. The van der Waals surface area contributed by atoms with E-state index in [9.17, 15) is 4.39 Å². The van der Waals surface area contributed by atoms with Gasteiger partial charge in [-0.3, -0.25) is 0 Å². The maximum atomic E-state index is 14.3. The van der Waals surface area contributed by atoms with E-state index in [0.29, 0.717) is 18.0 Å². The normalized spacial score (nSPS) is 11.9. The fourth-order valence-electron chi connectivity index (χ4n) is 5.44. The van der Waals surface area contributed by atoms with Crippen molar-refractivity contribution in [3.63, 3.8) is 0 Å². The highest BCUT2D eigenvalue weighted by molar-refractivity contribution is 5.64. The van der Waals surface area contributed by atoms with Crippen LogP contribution in [-0.4, -0.2) is 29.4 Å². The van der Waals surface area contributed by atoms with Crippen LogP contribution in [0.4, 0.5) is 4.39 Å². The Bertz CT molecular complexity index is 1100. The SMILES string of the molecule is CCCCCCCCCCCOc1ccc(-c2cnc(-c3ccc(OCC(F)CCCCCCCCCC)cc3)nc2)cc1. The van der Waals surface area contributed by atoms with Crippen LogP contribution in [0.15, 0.2) is 60.9 Å². The van der Waals surface area contributed by atoms with E-state index in [4.69, 9.17) is 9.47 Å². The molecule has 0 aliphatic heterocycles. The molecule has 0 aliphatic carbocycles. The fraction of sp³-hybridized carbons (Fsp3) is 0.590. The van der Waals surface area contributed by atoms with Crippen molar-refractivity contribution in [3.05, 3.63) is 60.9 Å². The highest BCUT2D eigenvalue weighted by Crippen LogP contribution is 2.25. The molecular weight excluding hydrogens is 547 g/mol. The third-order valence-electron chi connectivity index (χ3n) is 8.27. The monoisotopic (exact) mass is 604 g/mol. The van der Waals surface area contributed by atoms with Crippen LogP contribution >= 0.6 is 0 Å². The smallest absolute Gasteiger partial charge is 0.159 e. The van der Waals surface area contributed by atoms with Crippen molar-refractivity contribution < 1.29 is 13.9 Å². The topological polar surface area (TPSA) is 44.2 Å². The van der Waals surface area contributed by atoms with E-state index in [2.05, 4.69) is 35.9 Å². The molecule has 0 fully saturated rings. The molecule has 242 valence electrons. The zero-order valence-corrected chi connectivity index (χ0v) is 27.6. The van der Waals surface area contributed by atoms with E-state index in [1.165, 1.54) is 89.9 Å². The van der Waals surface area contributed by atoms with Gasteiger partial charge in [0.15, 0.2) is 5.82 Å². The molecule has 4 nitrogen and oxygen atoms in total. The third-order valence-corrected chi connectivity index (χ3v) is 8.27. The predicted octanol–water partition coefficient (Wildman–Crippen LogP) is 12.0. The van der Waals surface area contributed by atoms with Crippen LogP contribution < -0.4 is 9.47 Å². The van der Waals surface area contributed by atoms with E-state index in [-0.39, 0.29) is 6.61 Å². The minimum Gasteiger partial charge on any atom is -0.494 e. The van der Waals surface area contributed by atoms with Gasteiger partial charge in [0.2, 0.25) is 0 Å². The maximum Gasteiger partial charge on any atom is 0.159 e. The molecule has 3 aromatic rings. The second-order valence-corrected chi connectivity index (χ2v) is 12.2. The number of halogens is 1. The Kier molecular flexibility index (Phi) is 18.2. The molecule has 0 bridgehead atoms. The van der Waals surface area contributed by atoms with E-state index in [1.54, 1.807) is 0 Å². The molecular formula is C39H57FN2O2. The van der Waals surface area contributed by atoms with Crippen molar-refractivity contribution in [1.82, 2.24) is 9.97 Å². The Morgan fingerprint density at radius 1 is 0.523 bits per heavy atom. The first-order valence-electron chi connectivity index (χ1n) is 17.6. The lowest BCUT2D eigenvalue weighted by Gasteiger charge is -2.11. The lowest BCUT2D eigenvalue weighted by molar-refractivity contribution is 0.184. The van der Waals surface area contributed by atoms with Crippen molar-refractivity contribution in [2.24, 2.45) is 0 Å². The molecule has 1 heterocycles. The van der Waals surface area contributed by atoms with Crippen LogP contribution in [0, 0.1) is 0 Å². The average Bonchev–Trinajstić information content (AvgIpc) is 3.06. The summed E-state index contributed by atoms with van der Waals surface area (Å²) < 4.78 is 26.0. The Balaban J connectivity index is 1.32. The zero-order valence-electron chi connectivity index (χ0n) is 27.6. The zero-order chi connectivity index (χ0) is 31.1. The fourth-order valence-corrected chi connectivity index (χ4v) is 5.44. The largest absolute Gasteiger partial charge is 0.494 e. The van der Waals surface area contributed by atoms with Crippen LogP contribution in [0.25, 0.3) is 22.5 Å². The van der Waals surface area contributed by atoms with Gasteiger partial charge in [0.25, 0.3) is 0 Å². The average molecular weight is 605 g/mol. The summed E-state index contributed by atoms with van der Waals surface area (Å²) in [6.45, 7) is 5.37. The molecule has 0 amide bonds. The van der Waals surface area contributed by atoms with E-state index < -0.39 is 6.17 Å². The van der Waals surface area contributed by atoms with E-state index in [1.807, 2.05) is 48.8 Å². The van der Waals surface area contributed by atoms with Gasteiger partial charge in [0, 0.05) is 23.5 Å². The number of alkyl halides is 1. The highest BCUT2D eigenvalue weighted by atomic mass is 19.1. The summed E-state index contributed by atoms with van der Waals surface area (Å²) in [7, 11) is 0. The minimum absolute atomic E-state index is 0.101. The van der Waals surface area contributed by atoms with Gasteiger partial charge in [-0.05, 0) is 54.8 Å². The van der Waals surface area contributed by atoms with Crippen LogP contribution in [0.5, 0.6) is 11.5 Å². The maximum absolute atomic E-state index is 14.3. The summed E-state index contributed by atoms with van der Waals surface area (Å²) in [5, 5.41) is 0. The van der Waals surface area contributed by atoms with Gasteiger partial charge in [-0.25, -0.2) is 14.4 Å². The van der Waals surface area contributed by atoms with Crippen LogP contribution in [0.2, 0.25) is 0 Å². The molecule has 0 saturated heterocycles. The molecule has 3 rings (SSSR count). The standard InChI is InChI=1S/C39H57FN2O2/c1-3-5-7-9-11-13-15-17-19-29-43-37-25-21-33(22-26-37)35-30-41-39(42-31-35)34-23-27-38(28-24-34)44-32-36(40)20-18-16-14-12-10-8-6-4-2/h21-28,30-31,36H,3-20,29,32H2,1-2H3. The van der Waals surface area contributed by atoms with Gasteiger partial charge in [-0.1, -0.05) is 129 Å². The molecule has 5 heteroatoms. The number of ether oxygens (including phenoxy) is 2. The molecule has 0 saturated carbocycles. The number of nitrogens with zero attached hydrogens (tertiary/aromatic N) is 2. The molecule has 1 unspecified atom stereocenters. The molecule has 0 spiro atoms. The molecule has 2 aromatic carbocycles. The predicted molar refractivity (Wildman–Crippen MR) is 183 cm³/mol. The first kappa shape index (κ1) is 35.5. The highest BCUT2D eigenvalue weighted by Gasteiger charge is 2.09. The number of hydrogen-bond donors (Lipinski definition) is 0. The molecule has 1 atom stereocenters.